The van der Waals surface area contributed by atoms with Gasteiger partial charge in [0.05, 0.1) is 5.56 Å². The van der Waals surface area contributed by atoms with Crippen molar-refractivity contribution in [3.8, 4) is 11.1 Å². The Morgan fingerprint density at radius 3 is 2.45 bits per heavy atom. The number of fused-ring (bicyclic) bond motifs is 1. The average Bonchev–Trinajstić information content (AvgIpc) is 3.05. The summed E-state index contributed by atoms with van der Waals surface area (Å²) in [6.07, 6.45) is 1.82. The fourth-order valence-electron chi connectivity index (χ4n) is 3.62. The number of benzene rings is 2. The minimum atomic E-state index is -4.35. The minimum absolute atomic E-state index is 0.352. The van der Waals surface area contributed by atoms with Crippen molar-refractivity contribution in [2.24, 2.45) is 5.73 Å². The minimum Gasteiger partial charge on any atom is -0.343 e. The molecular weight excluding hydrogens is 375 g/mol. The first-order valence-electron chi connectivity index (χ1n) is 9.34. The van der Waals surface area contributed by atoms with E-state index in [4.69, 9.17) is 5.73 Å². The van der Waals surface area contributed by atoms with Crippen LogP contribution in [0, 0.1) is 0 Å². The van der Waals surface area contributed by atoms with Crippen LogP contribution in [0.3, 0.4) is 0 Å². The molecule has 2 heterocycles. The molecule has 0 spiro atoms. The lowest BCUT2D eigenvalue weighted by Crippen LogP contribution is -2.06. The molecule has 0 aliphatic carbocycles. The van der Waals surface area contributed by atoms with Gasteiger partial charge in [-0.15, -0.1) is 0 Å². The van der Waals surface area contributed by atoms with Gasteiger partial charge in [0.1, 0.15) is 0 Å². The van der Waals surface area contributed by atoms with Crippen molar-refractivity contribution in [3.63, 3.8) is 0 Å². The predicted octanol–water partition coefficient (Wildman–Crippen LogP) is 5.27. The summed E-state index contributed by atoms with van der Waals surface area (Å²) in [7, 11) is 0. The topological polar surface area (TPSA) is 43.8 Å². The zero-order valence-corrected chi connectivity index (χ0v) is 15.7. The van der Waals surface area contributed by atoms with Gasteiger partial charge in [-0.25, -0.2) is 0 Å². The Bertz CT molecular complexity index is 1130. The lowest BCUT2D eigenvalue weighted by atomic mass is 10.0. The summed E-state index contributed by atoms with van der Waals surface area (Å²) in [6.45, 7) is 0.861. The van der Waals surface area contributed by atoms with E-state index in [1.807, 2.05) is 29.0 Å². The zero-order chi connectivity index (χ0) is 20.4. The summed E-state index contributed by atoms with van der Waals surface area (Å²) < 4.78 is 41.2. The van der Waals surface area contributed by atoms with E-state index in [-0.39, 0.29) is 0 Å². The summed E-state index contributed by atoms with van der Waals surface area (Å²) >= 11 is 0. The molecule has 0 radical (unpaired) electrons. The van der Waals surface area contributed by atoms with Crippen molar-refractivity contribution < 1.29 is 13.2 Å². The van der Waals surface area contributed by atoms with E-state index < -0.39 is 11.7 Å². The van der Waals surface area contributed by atoms with Crippen molar-refractivity contribution in [1.29, 1.82) is 0 Å². The molecule has 0 bridgehead atoms. The van der Waals surface area contributed by atoms with Gasteiger partial charge in [0, 0.05) is 36.0 Å². The Balaban J connectivity index is 1.79. The van der Waals surface area contributed by atoms with Crippen molar-refractivity contribution in [3.05, 3.63) is 89.9 Å². The SMILES string of the molecule is NCCc1cn(Cc2cccc(C(F)(F)F)c2)c2cc(-c3ccncc3)ccc12. The van der Waals surface area contributed by atoms with E-state index in [0.29, 0.717) is 25.1 Å². The lowest BCUT2D eigenvalue weighted by Gasteiger charge is -2.11. The van der Waals surface area contributed by atoms with Gasteiger partial charge in [0.2, 0.25) is 0 Å². The third kappa shape index (κ3) is 4.03. The van der Waals surface area contributed by atoms with Crippen molar-refractivity contribution in [1.82, 2.24) is 9.55 Å². The lowest BCUT2D eigenvalue weighted by molar-refractivity contribution is -0.137. The first-order chi connectivity index (χ1) is 14.0. The molecule has 0 atom stereocenters. The number of nitrogens with zero attached hydrogens (tertiary/aromatic N) is 2. The van der Waals surface area contributed by atoms with Gasteiger partial charge in [-0.3, -0.25) is 4.98 Å². The number of hydrogen-bond donors (Lipinski definition) is 1. The quantitative estimate of drug-likeness (QED) is 0.500. The summed E-state index contributed by atoms with van der Waals surface area (Å²) in [6, 6.07) is 15.5. The molecule has 0 fully saturated rings. The Morgan fingerprint density at radius 1 is 0.931 bits per heavy atom. The maximum absolute atomic E-state index is 13.1. The van der Waals surface area contributed by atoms with Crippen LogP contribution in [-0.4, -0.2) is 16.1 Å². The van der Waals surface area contributed by atoms with E-state index in [2.05, 4.69) is 17.1 Å². The molecule has 6 heteroatoms. The highest BCUT2D eigenvalue weighted by molar-refractivity contribution is 5.88. The summed E-state index contributed by atoms with van der Waals surface area (Å²) in [5.41, 5.74) is 9.86. The number of pyridine rings is 1. The molecule has 148 valence electrons. The van der Waals surface area contributed by atoms with Crippen LogP contribution < -0.4 is 5.73 Å². The van der Waals surface area contributed by atoms with E-state index in [0.717, 1.165) is 33.7 Å². The third-order valence-corrected chi connectivity index (χ3v) is 5.00. The van der Waals surface area contributed by atoms with Crippen molar-refractivity contribution in [2.75, 3.05) is 6.54 Å². The van der Waals surface area contributed by atoms with Gasteiger partial charge in [-0.05, 0) is 65.6 Å². The van der Waals surface area contributed by atoms with Gasteiger partial charge in [-0.1, -0.05) is 24.3 Å². The van der Waals surface area contributed by atoms with Gasteiger partial charge in [0.15, 0.2) is 0 Å². The van der Waals surface area contributed by atoms with E-state index in [1.54, 1.807) is 18.5 Å². The average molecular weight is 395 g/mol. The van der Waals surface area contributed by atoms with Gasteiger partial charge in [-0.2, -0.15) is 13.2 Å². The molecule has 2 N–H and O–H groups in total. The summed E-state index contributed by atoms with van der Waals surface area (Å²) in [4.78, 5) is 4.05. The smallest absolute Gasteiger partial charge is 0.343 e. The van der Waals surface area contributed by atoms with Crippen molar-refractivity contribution >= 4 is 10.9 Å². The Kier molecular flexibility index (Phi) is 5.11. The van der Waals surface area contributed by atoms with Gasteiger partial charge < -0.3 is 10.3 Å². The number of aromatic nitrogens is 2. The van der Waals surface area contributed by atoms with E-state index >= 15 is 0 Å². The maximum atomic E-state index is 13.1. The first kappa shape index (κ1) is 19.2. The number of rotatable bonds is 5. The van der Waals surface area contributed by atoms with Crippen LogP contribution >= 0.6 is 0 Å². The highest BCUT2D eigenvalue weighted by Gasteiger charge is 2.30. The van der Waals surface area contributed by atoms with Crippen molar-refractivity contribution in [2.45, 2.75) is 19.1 Å². The summed E-state index contributed by atoms with van der Waals surface area (Å²) in [5.74, 6) is 0. The largest absolute Gasteiger partial charge is 0.416 e. The fraction of sp³-hybridized carbons (Fsp3) is 0.174. The molecular formula is C23H20F3N3. The number of halogens is 3. The fourth-order valence-corrected chi connectivity index (χ4v) is 3.62. The molecule has 29 heavy (non-hydrogen) atoms. The molecule has 2 aromatic carbocycles. The highest BCUT2D eigenvalue weighted by Crippen LogP contribution is 2.31. The van der Waals surface area contributed by atoms with Crippen LogP contribution in [-0.2, 0) is 19.1 Å². The standard InChI is InChI=1S/C23H20F3N3/c24-23(25,26)20-3-1-2-16(12-20)14-29-15-19(6-9-27)21-5-4-18(13-22(21)29)17-7-10-28-11-8-17/h1-5,7-8,10-13,15H,6,9,14,27H2. The van der Waals surface area contributed by atoms with Crippen LogP contribution in [0.5, 0.6) is 0 Å². The van der Waals surface area contributed by atoms with E-state index in [1.165, 1.54) is 12.1 Å². The van der Waals surface area contributed by atoms with Crippen LogP contribution in [0.2, 0.25) is 0 Å². The Morgan fingerprint density at radius 2 is 1.72 bits per heavy atom. The van der Waals surface area contributed by atoms with Gasteiger partial charge in [0.25, 0.3) is 0 Å². The maximum Gasteiger partial charge on any atom is 0.416 e. The molecule has 3 nitrogen and oxygen atoms in total. The molecule has 0 aliphatic heterocycles. The second-order valence-electron chi connectivity index (χ2n) is 6.99. The monoisotopic (exact) mass is 395 g/mol. The van der Waals surface area contributed by atoms with Crippen LogP contribution in [0.4, 0.5) is 13.2 Å². The number of alkyl halides is 3. The molecule has 0 unspecified atom stereocenters. The Labute approximate surface area is 166 Å². The molecule has 0 saturated heterocycles. The van der Waals surface area contributed by atoms with Crippen LogP contribution in [0.15, 0.2) is 73.2 Å². The summed E-state index contributed by atoms with van der Waals surface area (Å²) in [5, 5.41) is 1.07. The number of hydrogen-bond acceptors (Lipinski definition) is 2. The highest BCUT2D eigenvalue weighted by atomic mass is 19.4. The molecule has 4 aromatic rings. The molecule has 2 aromatic heterocycles. The normalized spacial score (nSPS) is 11.9. The Hall–Kier alpha value is -3.12. The second-order valence-corrected chi connectivity index (χ2v) is 6.99. The molecule has 0 aliphatic rings. The van der Waals surface area contributed by atoms with Gasteiger partial charge >= 0.3 is 6.18 Å². The number of nitrogens with two attached hydrogens (primary N) is 1. The third-order valence-electron chi connectivity index (χ3n) is 5.00. The zero-order valence-electron chi connectivity index (χ0n) is 15.7. The predicted molar refractivity (Wildman–Crippen MR) is 108 cm³/mol. The van der Waals surface area contributed by atoms with E-state index in [9.17, 15) is 13.2 Å². The molecule has 0 amide bonds. The first-order valence-corrected chi connectivity index (χ1v) is 9.34. The second kappa shape index (κ2) is 7.72. The van der Waals surface area contributed by atoms with Crippen LogP contribution in [0.1, 0.15) is 16.7 Å². The van der Waals surface area contributed by atoms with Crippen LogP contribution in [0.25, 0.3) is 22.0 Å². The molecule has 4 rings (SSSR count). The molecule has 0 saturated carbocycles.